The molecule has 3 nitrogen and oxygen atoms in total. The Labute approximate surface area is 60.4 Å². The van der Waals surface area contributed by atoms with E-state index >= 15 is 0 Å². The molecule has 0 bridgehead atoms. The molecule has 2 aliphatic rings. The molecule has 0 radical (unpaired) electrons. The first-order valence-electron chi connectivity index (χ1n) is 3.66. The van der Waals surface area contributed by atoms with Crippen molar-refractivity contribution in [3.05, 3.63) is 0 Å². The average molecular weight is 140 g/mol. The topological polar surface area (TPSA) is 32.3 Å². The monoisotopic (exact) mass is 140 g/mol. The molecule has 1 spiro atoms. The SMILES string of the molecule is CN1CC2(CNC(=O)C2)C1. The van der Waals surface area contributed by atoms with Crippen LogP contribution in [0.25, 0.3) is 0 Å². The molecule has 0 aromatic rings. The summed E-state index contributed by atoms with van der Waals surface area (Å²) in [7, 11) is 2.09. The van der Waals surface area contributed by atoms with E-state index in [1.807, 2.05) is 0 Å². The van der Waals surface area contributed by atoms with E-state index in [9.17, 15) is 4.79 Å². The molecule has 0 aliphatic carbocycles. The second-order valence-corrected chi connectivity index (χ2v) is 3.63. The second-order valence-electron chi connectivity index (χ2n) is 3.63. The molecule has 2 heterocycles. The van der Waals surface area contributed by atoms with Crippen LogP contribution in [0.1, 0.15) is 6.42 Å². The largest absolute Gasteiger partial charge is 0.355 e. The van der Waals surface area contributed by atoms with Crippen molar-refractivity contribution in [2.75, 3.05) is 26.7 Å². The first kappa shape index (κ1) is 6.16. The van der Waals surface area contributed by atoms with E-state index in [1.54, 1.807) is 0 Å². The lowest BCUT2D eigenvalue weighted by Gasteiger charge is -2.44. The number of hydrogen-bond donors (Lipinski definition) is 1. The fraction of sp³-hybridized carbons (Fsp3) is 0.857. The highest BCUT2D eigenvalue weighted by Gasteiger charge is 2.46. The Morgan fingerprint density at radius 2 is 2.30 bits per heavy atom. The standard InChI is InChI=1S/C7H12N2O/c1-9-4-7(5-9)2-6(10)8-3-7/h2-5H2,1H3,(H,8,10). The minimum absolute atomic E-state index is 0.230. The Hall–Kier alpha value is -0.570. The van der Waals surface area contributed by atoms with E-state index in [4.69, 9.17) is 0 Å². The van der Waals surface area contributed by atoms with Gasteiger partial charge in [-0.3, -0.25) is 4.79 Å². The Morgan fingerprint density at radius 3 is 2.70 bits per heavy atom. The summed E-state index contributed by atoms with van der Waals surface area (Å²) in [4.78, 5) is 13.1. The molecule has 3 heteroatoms. The van der Waals surface area contributed by atoms with Crippen LogP contribution in [0.2, 0.25) is 0 Å². The molecule has 1 amide bonds. The molecule has 0 aromatic carbocycles. The van der Waals surface area contributed by atoms with E-state index in [0.717, 1.165) is 26.1 Å². The zero-order valence-electron chi connectivity index (χ0n) is 6.18. The van der Waals surface area contributed by atoms with Crippen LogP contribution in [0.15, 0.2) is 0 Å². The summed E-state index contributed by atoms with van der Waals surface area (Å²) in [5.74, 6) is 0.230. The Kier molecular flexibility index (Phi) is 1.06. The molecular formula is C7H12N2O. The lowest BCUT2D eigenvalue weighted by molar-refractivity contribution is -0.120. The summed E-state index contributed by atoms with van der Waals surface area (Å²) in [6, 6.07) is 0. The number of likely N-dealkylation sites (tertiary alicyclic amines) is 1. The van der Waals surface area contributed by atoms with E-state index in [-0.39, 0.29) is 5.91 Å². The van der Waals surface area contributed by atoms with Gasteiger partial charge in [0.2, 0.25) is 5.91 Å². The zero-order valence-corrected chi connectivity index (χ0v) is 6.18. The summed E-state index contributed by atoms with van der Waals surface area (Å²) in [5, 5.41) is 2.87. The number of amides is 1. The first-order chi connectivity index (χ1) is 4.70. The van der Waals surface area contributed by atoms with Crippen LogP contribution in [0.5, 0.6) is 0 Å². The van der Waals surface area contributed by atoms with E-state index in [0.29, 0.717) is 5.41 Å². The minimum Gasteiger partial charge on any atom is -0.355 e. The summed E-state index contributed by atoms with van der Waals surface area (Å²) >= 11 is 0. The highest BCUT2D eigenvalue weighted by molar-refractivity contribution is 5.79. The van der Waals surface area contributed by atoms with Gasteiger partial charge in [0.15, 0.2) is 0 Å². The third-order valence-corrected chi connectivity index (χ3v) is 2.41. The van der Waals surface area contributed by atoms with Crippen LogP contribution in [-0.4, -0.2) is 37.5 Å². The Balaban J connectivity index is 2.01. The number of nitrogens with zero attached hydrogens (tertiary/aromatic N) is 1. The van der Waals surface area contributed by atoms with Crippen molar-refractivity contribution in [1.29, 1.82) is 0 Å². The second kappa shape index (κ2) is 1.72. The molecule has 0 saturated carbocycles. The molecular weight excluding hydrogens is 128 g/mol. The molecule has 2 fully saturated rings. The van der Waals surface area contributed by atoms with Crippen molar-refractivity contribution in [1.82, 2.24) is 10.2 Å². The lowest BCUT2D eigenvalue weighted by Crippen LogP contribution is -2.55. The van der Waals surface area contributed by atoms with Gasteiger partial charge in [-0.05, 0) is 7.05 Å². The fourth-order valence-corrected chi connectivity index (χ4v) is 2.07. The molecule has 10 heavy (non-hydrogen) atoms. The minimum atomic E-state index is 0.230. The van der Waals surface area contributed by atoms with Gasteiger partial charge in [-0.25, -0.2) is 0 Å². The van der Waals surface area contributed by atoms with Gasteiger partial charge in [0, 0.05) is 31.5 Å². The van der Waals surface area contributed by atoms with E-state index in [1.165, 1.54) is 0 Å². The van der Waals surface area contributed by atoms with Gasteiger partial charge in [-0.2, -0.15) is 0 Å². The maximum absolute atomic E-state index is 10.8. The van der Waals surface area contributed by atoms with Crippen LogP contribution in [-0.2, 0) is 4.79 Å². The quantitative estimate of drug-likeness (QED) is 0.489. The van der Waals surface area contributed by atoms with Gasteiger partial charge >= 0.3 is 0 Å². The van der Waals surface area contributed by atoms with E-state index in [2.05, 4.69) is 17.3 Å². The lowest BCUT2D eigenvalue weighted by atomic mass is 9.79. The third kappa shape index (κ3) is 0.736. The molecule has 0 aromatic heterocycles. The van der Waals surface area contributed by atoms with Crippen molar-refractivity contribution in [2.45, 2.75) is 6.42 Å². The Bertz CT molecular complexity index is 172. The first-order valence-corrected chi connectivity index (χ1v) is 3.66. The van der Waals surface area contributed by atoms with E-state index < -0.39 is 0 Å². The fourth-order valence-electron chi connectivity index (χ4n) is 2.07. The van der Waals surface area contributed by atoms with Gasteiger partial charge in [0.05, 0.1) is 0 Å². The van der Waals surface area contributed by atoms with Crippen molar-refractivity contribution < 1.29 is 4.79 Å². The van der Waals surface area contributed by atoms with Crippen LogP contribution in [0.4, 0.5) is 0 Å². The molecule has 0 unspecified atom stereocenters. The predicted molar refractivity (Wildman–Crippen MR) is 37.6 cm³/mol. The highest BCUT2D eigenvalue weighted by Crippen LogP contribution is 2.34. The number of nitrogens with one attached hydrogen (secondary N) is 1. The molecule has 56 valence electrons. The third-order valence-electron chi connectivity index (χ3n) is 2.41. The number of hydrogen-bond acceptors (Lipinski definition) is 2. The number of carbonyl (C=O) groups is 1. The van der Waals surface area contributed by atoms with Crippen molar-refractivity contribution >= 4 is 5.91 Å². The summed E-state index contributed by atoms with van der Waals surface area (Å²) in [6.07, 6.45) is 0.747. The molecule has 2 rings (SSSR count). The van der Waals surface area contributed by atoms with Gasteiger partial charge in [0.25, 0.3) is 0 Å². The predicted octanol–water partition coefficient (Wildman–Crippen LogP) is -0.562. The molecule has 2 saturated heterocycles. The van der Waals surface area contributed by atoms with Crippen LogP contribution in [0.3, 0.4) is 0 Å². The van der Waals surface area contributed by atoms with Gasteiger partial charge in [-0.15, -0.1) is 0 Å². The maximum Gasteiger partial charge on any atom is 0.220 e. The molecule has 2 aliphatic heterocycles. The van der Waals surface area contributed by atoms with Gasteiger partial charge in [-0.1, -0.05) is 0 Å². The smallest absolute Gasteiger partial charge is 0.220 e. The van der Waals surface area contributed by atoms with Crippen LogP contribution < -0.4 is 5.32 Å². The summed E-state index contributed by atoms with van der Waals surface area (Å²) in [6.45, 7) is 3.08. The molecule has 1 N–H and O–H groups in total. The number of carbonyl (C=O) groups excluding carboxylic acids is 1. The van der Waals surface area contributed by atoms with Crippen molar-refractivity contribution in [3.8, 4) is 0 Å². The van der Waals surface area contributed by atoms with Crippen molar-refractivity contribution in [2.24, 2.45) is 5.41 Å². The van der Waals surface area contributed by atoms with Crippen LogP contribution >= 0.6 is 0 Å². The summed E-state index contributed by atoms with van der Waals surface area (Å²) in [5.41, 5.74) is 0.325. The van der Waals surface area contributed by atoms with Crippen molar-refractivity contribution in [3.63, 3.8) is 0 Å². The average Bonchev–Trinajstić information content (AvgIpc) is 2.10. The molecule has 0 atom stereocenters. The number of rotatable bonds is 0. The van der Waals surface area contributed by atoms with Crippen LogP contribution in [0, 0.1) is 5.41 Å². The normalized spacial score (nSPS) is 30.3. The highest BCUT2D eigenvalue weighted by atomic mass is 16.1. The van der Waals surface area contributed by atoms with Gasteiger partial charge in [0.1, 0.15) is 0 Å². The Morgan fingerprint density at radius 1 is 1.60 bits per heavy atom. The zero-order chi connectivity index (χ0) is 7.19. The van der Waals surface area contributed by atoms with Gasteiger partial charge < -0.3 is 10.2 Å². The summed E-state index contributed by atoms with van der Waals surface area (Å²) < 4.78 is 0. The maximum atomic E-state index is 10.8.